The van der Waals surface area contributed by atoms with E-state index in [9.17, 15) is 10.2 Å². The number of hydrogen-bond donors (Lipinski definition) is 4. The van der Waals surface area contributed by atoms with Crippen LogP contribution in [-0.2, 0) is 4.74 Å². The van der Waals surface area contributed by atoms with Gasteiger partial charge in [0.05, 0.1) is 12.6 Å². The number of aliphatic hydroxyl groups excluding tert-OH is 3. The van der Waals surface area contributed by atoms with E-state index < -0.39 is 18.3 Å². The molecule has 5 atom stereocenters. The number of rotatable bonds is 2. The highest BCUT2D eigenvalue weighted by molar-refractivity contribution is 8.14. The fraction of sp³-hybridized carbons (Fsp3) is 0.889. The van der Waals surface area contributed by atoms with E-state index in [1.807, 2.05) is 6.92 Å². The highest BCUT2D eigenvalue weighted by Crippen LogP contribution is 2.33. The minimum atomic E-state index is -1.07. The summed E-state index contributed by atoms with van der Waals surface area (Å²) in [6, 6.07) is -0.368. The van der Waals surface area contributed by atoms with E-state index in [-0.39, 0.29) is 18.1 Å². The van der Waals surface area contributed by atoms with Crippen LogP contribution < -0.4 is 5.32 Å². The summed E-state index contributed by atoms with van der Waals surface area (Å²) in [6.45, 7) is 2.26. The van der Waals surface area contributed by atoms with Crippen molar-refractivity contribution in [1.82, 2.24) is 5.32 Å². The topological polar surface area (TPSA) is 94.3 Å². The number of nitrogens with one attached hydrogen (secondary N) is 1. The maximum atomic E-state index is 9.86. The lowest BCUT2D eigenvalue weighted by Crippen LogP contribution is -2.59. The van der Waals surface area contributed by atoms with Gasteiger partial charge >= 0.3 is 0 Å². The van der Waals surface area contributed by atoms with Crippen molar-refractivity contribution in [3.05, 3.63) is 0 Å². The van der Waals surface area contributed by atoms with Crippen LogP contribution in [0.2, 0.25) is 0 Å². The summed E-state index contributed by atoms with van der Waals surface area (Å²) < 4.78 is 5.48. The summed E-state index contributed by atoms with van der Waals surface area (Å²) in [5.41, 5.74) is -0.305. The minimum absolute atomic E-state index is 0.303. The molecular formula is C9H16N2O4S. The first-order valence-corrected chi connectivity index (χ1v) is 6.15. The first-order valence-electron chi connectivity index (χ1n) is 5.27. The number of thioether (sulfide) groups is 1. The maximum absolute atomic E-state index is 9.86. The lowest BCUT2D eigenvalue weighted by Gasteiger charge is -2.38. The van der Waals surface area contributed by atoms with Crippen molar-refractivity contribution in [3.8, 4) is 0 Å². The minimum Gasteiger partial charge on any atom is -0.394 e. The van der Waals surface area contributed by atoms with Gasteiger partial charge in [-0.3, -0.25) is 4.99 Å². The SMILES string of the molecule is CCN=C1N[C@@H]2[C@H](O)[C@H](O)[C@@H](CO)O[C@@H]2S1. The Balaban J connectivity index is 2.10. The Morgan fingerprint density at radius 3 is 2.81 bits per heavy atom. The average molecular weight is 248 g/mol. The van der Waals surface area contributed by atoms with E-state index in [4.69, 9.17) is 9.84 Å². The monoisotopic (exact) mass is 248 g/mol. The second-order valence-electron chi connectivity index (χ2n) is 3.77. The Kier molecular flexibility index (Phi) is 3.70. The number of ether oxygens (including phenoxy) is 1. The fourth-order valence-corrected chi connectivity index (χ4v) is 3.05. The number of aliphatic imine (C=N–C) groups is 1. The van der Waals surface area contributed by atoms with Crippen molar-refractivity contribution in [1.29, 1.82) is 0 Å². The van der Waals surface area contributed by atoms with E-state index in [1.165, 1.54) is 11.8 Å². The van der Waals surface area contributed by atoms with E-state index in [0.29, 0.717) is 11.7 Å². The van der Waals surface area contributed by atoms with Crippen LogP contribution in [0.1, 0.15) is 6.92 Å². The van der Waals surface area contributed by atoms with Crippen molar-refractivity contribution < 1.29 is 20.1 Å². The normalized spacial score (nSPS) is 45.5. The first-order chi connectivity index (χ1) is 7.67. The van der Waals surface area contributed by atoms with Crippen LogP contribution in [0.25, 0.3) is 0 Å². The van der Waals surface area contributed by atoms with Crippen LogP contribution in [0.3, 0.4) is 0 Å². The summed E-state index contributed by atoms with van der Waals surface area (Å²) in [5, 5.41) is 32.3. The largest absolute Gasteiger partial charge is 0.394 e. The molecule has 0 unspecified atom stereocenters. The second-order valence-corrected chi connectivity index (χ2v) is 4.86. The van der Waals surface area contributed by atoms with Gasteiger partial charge in [0.15, 0.2) is 5.17 Å². The van der Waals surface area contributed by atoms with Crippen LogP contribution in [0.15, 0.2) is 4.99 Å². The molecule has 2 aliphatic heterocycles. The summed E-state index contributed by atoms with van der Waals surface area (Å²) in [6.07, 6.45) is -2.75. The predicted molar refractivity (Wildman–Crippen MR) is 60.3 cm³/mol. The molecule has 7 heteroatoms. The van der Waals surface area contributed by atoms with Gasteiger partial charge in [0.1, 0.15) is 23.7 Å². The maximum Gasteiger partial charge on any atom is 0.159 e. The van der Waals surface area contributed by atoms with Crippen LogP contribution in [0, 0.1) is 0 Å². The van der Waals surface area contributed by atoms with Gasteiger partial charge in [0, 0.05) is 6.54 Å². The molecule has 16 heavy (non-hydrogen) atoms. The molecule has 2 heterocycles. The molecule has 0 spiro atoms. The van der Waals surface area contributed by atoms with E-state index in [1.54, 1.807) is 0 Å². The molecule has 0 aromatic rings. The molecule has 0 aliphatic carbocycles. The molecule has 92 valence electrons. The average Bonchev–Trinajstić information content (AvgIpc) is 2.67. The number of hydrogen-bond acceptors (Lipinski definition) is 6. The zero-order valence-electron chi connectivity index (χ0n) is 8.91. The quantitative estimate of drug-likeness (QED) is 0.475. The summed E-state index contributed by atoms with van der Waals surface area (Å²) in [4.78, 5) is 4.19. The van der Waals surface area contributed by atoms with Gasteiger partial charge in [-0.25, -0.2) is 0 Å². The Labute approximate surface area is 97.7 Å². The Bertz CT molecular complexity index is 289. The number of amidine groups is 1. The third-order valence-electron chi connectivity index (χ3n) is 2.70. The number of nitrogens with zero attached hydrogens (tertiary/aromatic N) is 1. The van der Waals surface area contributed by atoms with Crippen molar-refractivity contribution in [2.45, 2.75) is 36.7 Å². The van der Waals surface area contributed by atoms with Crippen LogP contribution >= 0.6 is 11.8 Å². The van der Waals surface area contributed by atoms with Gasteiger partial charge in [-0.05, 0) is 6.92 Å². The highest BCUT2D eigenvalue weighted by Gasteiger charge is 2.48. The fourth-order valence-electron chi connectivity index (χ4n) is 1.85. The molecule has 2 aliphatic rings. The van der Waals surface area contributed by atoms with Gasteiger partial charge < -0.3 is 25.4 Å². The molecular weight excluding hydrogens is 232 g/mol. The van der Waals surface area contributed by atoms with Crippen molar-refractivity contribution in [2.75, 3.05) is 13.2 Å². The summed E-state index contributed by atoms with van der Waals surface area (Å²) >= 11 is 1.38. The smallest absolute Gasteiger partial charge is 0.159 e. The third-order valence-corrected chi connectivity index (χ3v) is 3.81. The molecule has 0 radical (unpaired) electrons. The van der Waals surface area contributed by atoms with Crippen molar-refractivity contribution in [3.63, 3.8) is 0 Å². The molecule has 0 amide bonds. The Morgan fingerprint density at radius 2 is 2.19 bits per heavy atom. The molecule has 2 rings (SSSR count). The zero-order chi connectivity index (χ0) is 11.7. The Hall–Kier alpha value is -0.340. The standard InChI is InChI=1S/C9H16N2O4S/c1-2-10-9-11-5-7(14)6(13)4(3-12)15-8(5)16-9/h4-8,12-14H,2-3H2,1H3,(H,10,11)/t4-,5-,6-,7+,8-/m1/s1. The van der Waals surface area contributed by atoms with Crippen LogP contribution in [0.4, 0.5) is 0 Å². The zero-order valence-corrected chi connectivity index (χ0v) is 9.72. The first kappa shape index (κ1) is 12.1. The molecule has 2 saturated heterocycles. The van der Waals surface area contributed by atoms with Crippen molar-refractivity contribution in [2.24, 2.45) is 4.99 Å². The summed E-state index contributed by atoms with van der Waals surface area (Å²) in [5.74, 6) is 0. The van der Waals surface area contributed by atoms with Crippen LogP contribution in [0.5, 0.6) is 0 Å². The molecule has 2 fully saturated rings. The van der Waals surface area contributed by atoms with E-state index in [0.717, 1.165) is 0 Å². The van der Waals surface area contributed by atoms with E-state index >= 15 is 0 Å². The lowest BCUT2D eigenvalue weighted by molar-refractivity contribution is -0.167. The molecule has 6 nitrogen and oxygen atoms in total. The highest BCUT2D eigenvalue weighted by atomic mass is 32.2. The second kappa shape index (κ2) is 4.89. The molecule has 0 saturated carbocycles. The van der Waals surface area contributed by atoms with Gasteiger partial charge in [-0.1, -0.05) is 11.8 Å². The van der Waals surface area contributed by atoms with Crippen molar-refractivity contribution >= 4 is 16.9 Å². The lowest BCUT2D eigenvalue weighted by atomic mass is 9.98. The van der Waals surface area contributed by atoms with Crippen LogP contribution in [-0.4, -0.2) is 63.4 Å². The van der Waals surface area contributed by atoms with Gasteiger partial charge in [-0.15, -0.1) is 0 Å². The Morgan fingerprint density at radius 1 is 1.44 bits per heavy atom. The predicted octanol–water partition coefficient (Wildman–Crippen LogP) is -1.49. The molecule has 0 aromatic carbocycles. The number of aliphatic hydroxyl groups is 3. The van der Waals surface area contributed by atoms with E-state index in [2.05, 4.69) is 10.3 Å². The summed E-state index contributed by atoms with van der Waals surface area (Å²) in [7, 11) is 0. The molecule has 0 aromatic heterocycles. The molecule has 0 bridgehead atoms. The number of fused-ring (bicyclic) bond motifs is 1. The van der Waals surface area contributed by atoms with Gasteiger partial charge in [0.25, 0.3) is 0 Å². The van der Waals surface area contributed by atoms with Gasteiger partial charge in [-0.2, -0.15) is 0 Å². The van der Waals surface area contributed by atoms with Gasteiger partial charge in [0.2, 0.25) is 0 Å². The third kappa shape index (κ3) is 2.05. The molecule has 4 N–H and O–H groups in total.